The van der Waals surface area contributed by atoms with Crippen LogP contribution in [0.25, 0.3) is 11.4 Å². The first-order chi connectivity index (χ1) is 15.6. The molecule has 1 aliphatic carbocycles. The molecule has 3 N–H and O–H groups in total. The summed E-state index contributed by atoms with van der Waals surface area (Å²) in [6, 6.07) is 9.78. The Labute approximate surface area is 202 Å². The van der Waals surface area contributed by atoms with Crippen LogP contribution in [0.4, 0.5) is 0 Å². The molecule has 0 aliphatic heterocycles. The molecule has 0 radical (unpaired) electrons. The van der Waals surface area contributed by atoms with Gasteiger partial charge in [-0.1, -0.05) is 50.6 Å². The summed E-state index contributed by atoms with van der Waals surface area (Å²) in [7, 11) is 0. The lowest BCUT2D eigenvalue weighted by Crippen LogP contribution is -2.43. The highest BCUT2D eigenvalue weighted by Gasteiger charge is 2.30. The van der Waals surface area contributed by atoms with Crippen LogP contribution in [0.15, 0.2) is 30.3 Å². The standard InChI is InChI=1S/C24H29N5O2S2/c1-14-5-7-15(8-6-14)21-26-28-23(32)29(21)13-20(30)25-27-22(31)19-12-16-11-17(24(2,3)4)9-10-18(16)33-19/h5-8,12,17H,9-11,13H2,1-4H3,(H,25,30)(H,27,31)(H,28,32). The maximum atomic E-state index is 12.7. The van der Waals surface area contributed by atoms with E-state index in [0.717, 1.165) is 30.4 Å². The third-order valence-electron chi connectivity index (χ3n) is 6.22. The van der Waals surface area contributed by atoms with Gasteiger partial charge in [0.05, 0.1) is 4.88 Å². The molecule has 0 spiro atoms. The van der Waals surface area contributed by atoms with Gasteiger partial charge >= 0.3 is 0 Å². The molecule has 0 saturated carbocycles. The van der Waals surface area contributed by atoms with Gasteiger partial charge in [0.2, 0.25) is 0 Å². The van der Waals surface area contributed by atoms with Crippen molar-refractivity contribution in [3.8, 4) is 11.4 Å². The van der Waals surface area contributed by atoms with Crippen molar-refractivity contribution in [3.05, 3.63) is 56.0 Å². The predicted octanol–water partition coefficient (Wildman–Crippen LogP) is 4.59. The van der Waals surface area contributed by atoms with E-state index in [1.807, 2.05) is 37.3 Å². The molecule has 4 rings (SSSR count). The fraction of sp³-hybridized carbons (Fsp3) is 0.417. The van der Waals surface area contributed by atoms with Crippen molar-refractivity contribution in [3.63, 3.8) is 0 Å². The van der Waals surface area contributed by atoms with Gasteiger partial charge < -0.3 is 0 Å². The lowest BCUT2D eigenvalue weighted by molar-refractivity contribution is -0.122. The number of nitrogens with zero attached hydrogens (tertiary/aromatic N) is 2. The lowest BCUT2D eigenvalue weighted by Gasteiger charge is -2.33. The number of amides is 2. The van der Waals surface area contributed by atoms with Gasteiger partial charge in [0.15, 0.2) is 10.6 Å². The number of thiophene rings is 1. The summed E-state index contributed by atoms with van der Waals surface area (Å²) >= 11 is 6.81. The molecule has 2 heterocycles. The molecule has 1 aromatic carbocycles. The second-order valence-corrected chi connectivity index (χ2v) is 11.2. The monoisotopic (exact) mass is 483 g/mol. The number of rotatable bonds is 4. The molecule has 33 heavy (non-hydrogen) atoms. The smallest absolute Gasteiger partial charge is 0.279 e. The third-order valence-corrected chi connectivity index (χ3v) is 7.76. The number of hydrazine groups is 1. The fourth-order valence-electron chi connectivity index (χ4n) is 4.13. The van der Waals surface area contributed by atoms with Crippen molar-refractivity contribution < 1.29 is 9.59 Å². The second-order valence-electron chi connectivity index (χ2n) is 9.67. The Kier molecular flexibility index (Phi) is 6.54. The van der Waals surface area contributed by atoms with Crippen molar-refractivity contribution >= 4 is 35.4 Å². The van der Waals surface area contributed by atoms with Gasteiger partial charge in [-0.15, -0.1) is 11.3 Å². The first-order valence-corrected chi connectivity index (χ1v) is 12.3. The molecule has 0 fully saturated rings. The predicted molar refractivity (Wildman–Crippen MR) is 132 cm³/mol. The molecule has 174 valence electrons. The van der Waals surface area contributed by atoms with Gasteiger partial charge in [0.1, 0.15) is 6.54 Å². The van der Waals surface area contributed by atoms with Crippen LogP contribution in [0.3, 0.4) is 0 Å². The van der Waals surface area contributed by atoms with E-state index in [0.29, 0.717) is 21.4 Å². The number of H-pyrrole nitrogens is 1. The van der Waals surface area contributed by atoms with Crippen molar-refractivity contribution in [1.82, 2.24) is 25.6 Å². The molecule has 1 aliphatic rings. The minimum Gasteiger partial charge on any atom is -0.291 e. The SMILES string of the molecule is Cc1ccc(-c2n[nH]c(=S)n2CC(=O)NNC(=O)c2cc3c(s2)CCC(C(C)(C)C)C3)cc1. The maximum absolute atomic E-state index is 12.7. The highest BCUT2D eigenvalue weighted by molar-refractivity contribution is 7.71. The Morgan fingerprint density at radius 3 is 2.67 bits per heavy atom. The van der Waals surface area contributed by atoms with Crippen molar-refractivity contribution in [2.75, 3.05) is 0 Å². The van der Waals surface area contributed by atoms with E-state index < -0.39 is 0 Å². The number of aromatic amines is 1. The van der Waals surface area contributed by atoms with E-state index in [9.17, 15) is 9.59 Å². The van der Waals surface area contributed by atoms with Gasteiger partial charge in [0, 0.05) is 10.4 Å². The quantitative estimate of drug-likeness (QED) is 0.374. The minimum atomic E-state index is -0.386. The average molecular weight is 484 g/mol. The number of carbonyl (C=O) groups is 2. The number of hydrogen-bond acceptors (Lipinski definition) is 5. The van der Waals surface area contributed by atoms with Gasteiger partial charge in [-0.05, 0) is 61.4 Å². The van der Waals surface area contributed by atoms with Crippen LogP contribution in [-0.4, -0.2) is 26.6 Å². The zero-order chi connectivity index (χ0) is 23.8. The molecule has 0 saturated heterocycles. The fourth-order valence-corrected chi connectivity index (χ4v) is 5.43. The minimum absolute atomic E-state index is 0.0625. The molecular formula is C24H29N5O2S2. The molecule has 3 aromatic rings. The highest BCUT2D eigenvalue weighted by atomic mass is 32.1. The van der Waals surface area contributed by atoms with E-state index >= 15 is 0 Å². The second kappa shape index (κ2) is 9.23. The van der Waals surface area contributed by atoms with Crippen LogP contribution in [0, 0.1) is 23.0 Å². The molecule has 0 bridgehead atoms. The zero-order valence-electron chi connectivity index (χ0n) is 19.3. The first-order valence-electron chi connectivity index (χ1n) is 11.0. The summed E-state index contributed by atoms with van der Waals surface area (Å²) in [5.74, 6) is 0.492. The number of nitrogens with one attached hydrogen (secondary N) is 3. The van der Waals surface area contributed by atoms with Gasteiger partial charge in [-0.2, -0.15) is 5.10 Å². The van der Waals surface area contributed by atoms with Crippen LogP contribution in [0.2, 0.25) is 0 Å². The Balaban J connectivity index is 1.38. The van der Waals surface area contributed by atoms with E-state index in [2.05, 4.69) is 41.8 Å². The molecular weight excluding hydrogens is 454 g/mol. The Hall–Kier alpha value is -2.78. The maximum Gasteiger partial charge on any atom is 0.279 e. The van der Waals surface area contributed by atoms with Gasteiger partial charge in [0.25, 0.3) is 11.8 Å². The van der Waals surface area contributed by atoms with E-state index in [1.54, 1.807) is 4.57 Å². The van der Waals surface area contributed by atoms with Crippen molar-refractivity contribution in [2.45, 2.75) is 53.5 Å². The largest absolute Gasteiger partial charge is 0.291 e. The number of aryl methyl sites for hydroxylation is 2. The summed E-state index contributed by atoms with van der Waals surface area (Å²) < 4.78 is 1.95. The van der Waals surface area contributed by atoms with Crippen LogP contribution < -0.4 is 10.9 Å². The molecule has 2 aromatic heterocycles. The van der Waals surface area contributed by atoms with E-state index in [1.165, 1.54) is 21.8 Å². The zero-order valence-corrected chi connectivity index (χ0v) is 21.0. The molecule has 1 atom stereocenters. The molecule has 7 nitrogen and oxygen atoms in total. The Morgan fingerprint density at radius 1 is 1.24 bits per heavy atom. The van der Waals surface area contributed by atoms with Crippen LogP contribution >= 0.6 is 23.6 Å². The summed E-state index contributed by atoms with van der Waals surface area (Å²) in [6.45, 7) is 8.76. The van der Waals surface area contributed by atoms with Crippen molar-refractivity contribution in [1.29, 1.82) is 0 Å². The first kappa shape index (κ1) is 23.4. The van der Waals surface area contributed by atoms with Crippen LogP contribution in [-0.2, 0) is 24.2 Å². The normalized spacial score (nSPS) is 15.7. The van der Waals surface area contributed by atoms with Gasteiger partial charge in [-0.25, -0.2) is 0 Å². The van der Waals surface area contributed by atoms with Crippen molar-refractivity contribution in [2.24, 2.45) is 11.3 Å². The lowest BCUT2D eigenvalue weighted by atomic mass is 9.72. The Morgan fingerprint density at radius 2 is 1.97 bits per heavy atom. The number of carbonyl (C=O) groups excluding carboxylic acids is 2. The number of aromatic nitrogens is 3. The number of fused-ring (bicyclic) bond motifs is 1. The third kappa shape index (κ3) is 5.25. The van der Waals surface area contributed by atoms with E-state index in [4.69, 9.17) is 12.2 Å². The van der Waals surface area contributed by atoms with E-state index in [-0.39, 0.29) is 23.8 Å². The van der Waals surface area contributed by atoms with Gasteiger partial charge in [-0.3, -0.25) is 30.1 Å². The number of hydrogen-bond donors (Lipinski definition) is 3. The molecule has 1 unspecified atom stereocenters. The molecule has 9 heteroatoms. The summed E-state index contributed by atoms with van der Waals surface area (Å²) in [6.07, 6.45) is 3.14. The summed E-state index contributed by atoms with van der Waals surface area (Å²) in [4.78, 5) is 27.1. The molecule has 2 amide bonds. The number of benzene rings is 1. The highest BCUT2D eigenvalue weighted by Crippen LogP contribution is 2.40. The van der Waals surface area contributed by atoms with Crippen LogP contribution in [0.5, 0.6) is 0 Å². The Bertz CT molecular complexity index is 1230. The van der Waals surface area contributed by atoms with Crippen LogP contribution in [0.1, 0.15) is 52.9 Å². The topological polar surface area (TPSA) is 91.8 Å². The summed E-state index contributed by atoms with van der Waals surface area (Å²) in [5.41, 5.74) is 8.54. The summed E-state index contributed by atoms with van der Waals surface area (Å²) in [5, 5.41) is 6.99. The average Bonchev–Trinajstić information content (AvgIpc) is 3.35.